The summed E-state index contributed by atoms with van der Waals surface area (Å²) in [5.74, 6) is 0.172. The highest BCUT2D eigenvalue weighted by atomic mass is 32.2. The van der Waals surface area contributed by atoms with Crippen LogP contribution in [0.4, 0.5) is 11.4 Å². The largest absolute Gasteiger partial charge is 0.479 e. The van der Waals surface area contributed by atoms with Crippen LogP contribution in [-0.2, 0) is 19.4 Å². The second-order valence-corrected chi connectivity index (χ2v) is 8.72. The van der Waals surface area contributed by atoms with E-state index in [1.165, 1.54) is 12.1 Å². The summed E-state index contributed by atoms with van der Waals surface area (Å²) in [6.07, 6.45) is -0.507. The number of para-hydroxylation sites is 2. The van der Waals surface area contributed by atoms with Crippen LogP contribution in [0.15, 0.2) is 53.4 Å². The van der Waals surface area contributed by atoms with Crippen LogP contribution in [0.25, 0.3) is 0 Å². The van der Waals surface area contributed by atoms with Crippen molar-refractivity contribution in [2.24, 2.45) is 0 Å². The van der Waals surface area contributed by atoms with Crippen LogP contribution in [0.5, 0.6) is 5.75 Å². The summed E-state index contributed by atoms with van der Waals surface area (Å²) in [4.78, 5) is 26.5. The van der Waals surface area contributed by atoms with Gasteiger partial charge in [0, 0.05) is 18.7 Å². The minimum absolute atomic E-state index is 0.0200. The molecule has 1 heterocycles. The van der Waals surface area contributed by atoms with Gasteiger partial charge in [0.1, 0.15) is 5.75 Å². The quantitative estimate of drug-likeness (QED) is 0.802. The van der Waals surface area contributed by atoms with Gasteiger partial charge in [-0.15, -0.1) is 0 Å². The maximum atomic E-state index is 12.4. The molecular weight excluding hydrogens is 380 g/mol. The van der Waals surface area contributed by atoms with Gasteiger partial charge in [0.15, 0.2) is 15.9 Å². The molecule has 0 saturated carbocycles. The number of carbonyl (C=O) groups is 2. The Hall–Kier alpha value is -2.87. The minimum atomic E-state index is -3.28. The molecule has 0 aliphatic carbocycles. The van der Waals surface area contributed by atoms with Crippen molar-refractivity contribution >= 4 is 33.0 Å². The molecule has 0 saturated heterocycles. The van der Waals surface area contributed by atoms with Crippen LogP contribution in [0, 0.1) is 0 Å². The van der Waals surface area contributed by atoms with Crippen molar-refractivity contribution in [2.75, 3.05) is 22.5 Å². The van der Waals surface area contributed by atoms with E-state index < -0.39 is 15.9 Å². The van der Waals surface area contributed by atoms with Crippen LogP contribution in [0.2, 0.25) is 0 Å². The second kappa shape index (κ2) is 8.02. The Bertz CT molecular complexity index is 986. The van der Waals surface area contributed by atoms with Crippen molar-refractivity contribution in [3.8, 4) is 5.75 Å². The van der Waals surface area contributed by atoms with E-state index in [0.717, 1.165) is 0 Å². The fraction of sp³-hybridized carbons (Fsp3) is 0.300. The molecule has 8 heteroatoms. The number of amides is 2. The molecule has 148 valence electrons. The molecule has 1 aliphatic rings. The zero-order valence-corrected chi connectivity index (χ0v) is 16.5. The van der Waals surface area contributed by atoms with Gasteiger partial charge in [-0.3, -0.25) is 9.59 Å². The number of hydrogen-bond donors (Lipinski definition) is 1. The number of anilines is 2. The van der Waals surface area contributed by atoms with Crippen LogP contribution < -0.4 is 15.0 Å². The van der Waals surface area contributed by atoms with Crippen LogP contribution in [0.3, 0.4) is 0 Å². The molecule has 7 nitrogen and oxygen atoms in total. The van der Waals surface area contributed by atoms with Crippen molar-refractivity contribution in [3.05, 3.63) is 48.5 Å². The van der Waals surface area contributed by atoms with Gasteiger partial charge in [0.25, 0.3) is 5.91 Å². The first-order valence-electron chi connectivity index (χ1n) is 9.01. The summed E-state index contributed by atoms with van der Waals surface area (Å²) in [7, 11) is -3.28. The van der Waals surface area contributed by atoms with Crippen LogP contribution >= 0.6 is 0 Å². The predicted octanol–water partition coefficient (Wildman–Crippen LogP) is 2.62. The van der Waals surface area contributed by atoms with E-state index >= 15 is 0 Å². The van der Waals surface area contributed by atoms with E-state index in [1.54, 1.807) is 43.0 Å². The van der Waals surface area contributed by atoms with E-state index in [4.69, 9.17) is 4.74 Å². The maximum absolute atomic E-state index is 12.4. The third kappa shape index (κ3) is 4.17. The molecule has 2 aromatic rings. The first-order chi connectivity index (χ1) is 13.3. The number of carbonyl (C=O) groups excluding carboxylic acids is 2. The summed E-state index contributed by atoms with van der Waals surface area (Å²) < 4.78 is 29.3. The van der Waals surface area contributed by atoms with Gasteiger partial charge in [-0.1, -0.05) is 19.1 Å². The van der Waals surface area contributed by atoms with Crippen LogP contribution in [-0.4, -0.2) is 38.6 Å². The molecule has 1 N–H and O–H groups in total. The molecule has 3 rings (SSSR count). The van der Waals surface area contributed by atoms with E-state index in [0.29, 0.717) is 17.1 Å². The Morgan fingerprint density at radius 1 is 1.14 bits per heavy atom. The Kier molecular flexibility index (Phi) is 5.69. The molecule has 0 spiro atoms. The summed E-state index contributed by atoms with van der Waals surface area (Å²) in [6.45, 7) is 3.48. The fourth-order valence-corrected chi connectivity index (χ4v) is 3.82. The second-order valence-electron chi connectivity index (χ2n) is 6.44. The molecule has 1 atom stereocenters. The van der Waals surface area contributed by atoms with Crippen LogP contribution in [0.1, 0.15) is 20.3 Å². The van der Waals surface area contributed by atoms with Gasteiger partial charge < -0.3 is 15.0 Å². The molecule has 0 radical (unpaired) electrons. The van der Waals surface area contributed by atoms with Gasteiger partial charge in [-0.2, -0.15) is 0 Å². The Morgan fingerprint density at radius 2 is 1.82 bits per heavy atom. The molecule has 2 aromatic carbocycles. The number of hydrogen-bond acceptors (Lipinski definition) is 5. The highest BCUT2D eigenvalue weighted by molar-refractivity contribution is 7.91. The van der Waals surface area contributed by atoms with Crippen molar-refractivity contribution in [3.63, 3.8) is 0 Å². The number of rotatable bonds is 6. The first kappa shape index (κ1) is 19.9. The third-order valence-electron chi connectivity index (χ3n) is 4.51. The molecule has 28 heavy (non-hydrogen) atoms. The Labute approximate surface area is 164 Å². The lowest BCUT2D eigenvalue weighted by Crippen LogP contribution is -2.45. The third-order valence-corrected chi connectivity index (χ3v) is 6.26. The van der Waals surface area contributed by atoms with E-state index in [2.05, 4.69) is 5.32 Å². The molecule has 0 bridgehead atoms. The van der Waals surface area contributed by atoms with Gasteiger partial charge in [0.2, 0.25) is 5.91 Å². The standard InChI is InChI=1S/C20H22N2O5S/c1-3-28(25,26)16-10-8-15(9-11-16)21-19(23)12-13-22-17-6-4-5-7-18(17)27-14(2)20(22)24/h4-11,14H,3,12-13H2,1-2H3,(H,21,23). The molecular formula is C20H22N2O5S. The molecule has 1 unspecified atom stereocenters. The highest BCUT2D eigenvalue weighted by Gasteiger charge is 2.31. The average Bonchev–Trinajstić information content (AvgIpc) is 2.69. The number of nitrogens with zero attached hydrogens (tertiary/aromatic N) is 1. The zero-order chi connectivity index (χ0) is 20.3. The van der Waals surface area contributed by atoms with Gasteiger partial charge in [-0.25, -0.2) is 8.42 Å². The number of nitrogens with one attached hydrogen (secondary N) is 1. The van der Waals surface area contributed by atoms with Crippen molar-refractivity contribution in [2.45, 2.75) is 31.3 Å². The van der Waals surface area contributed by atoms with Crippen molar-refractivity contribution in [1.82, 2.24) is 0 Å². The Morgan fingerprint density at radius 3 is 2.50 bits per heavy atom. The lowest BCUT2D eigenvalue weighted by molar-refractivity contribution is -0.125. The van der Waals surface area contributed by atoms with Crippen molar-refractivity contribution < 1.29 is 22.7 Å². The smallest absolute Gasteiger partial charge is 0.267 e. The number of fused-ring (bicyclic) bond motifs is 1. The van der Waals surface area contributed by atoms with E-state index in [9.17, 15) is 18.0 Å². The van der Waals surface area contributed by atoms with Crippen molar-refractivity contribution in [1.29, 1.82) is 0 Å². The molecule has 1 aliphatic heterocycles. The predicted molar refractivity (Wildman–Crippen MR) is 106 cm³/mol. The first-order valence-corrected chi connectivity index (χ1v) is 10.7. The lowest BCUT2D eigenvalue weighted by Gasteiger charge is -2.32. The molecule has 0 fully saturated rings. The monoisotopic (exact) mass is 402 g/mol. The van der Waals surface area contributed by atoms with Gasteiger partial charge in [-0.05, 0) is 43.3 Å². The lowest BCUT2D eigenvalue weighted by atomic mass is 10.1. The minimum Gasteiger partial charge on any atom is -0.479 e. The fourth-order valence-electron chi connectivity index (χ4n) is 2.94. The zero-order valence-electron chi connectivity index (χ0n) is 15.7. The topological polar surface area (TPSA) is 92.8 Å². The molecule has 0 aromatic heterocycles. The summed E-state index contributed by atoms with van der Waals surface area (Å²) in [5, 5.41) is 2.73. The summed E-state index contributed by atoms with van der Waals surface area (Å²) in [5.41, 5.74) is 1.15. The maximum Gasteiger partial charge on any atom is 0.267 e. The average molecular weight is 402 g/mol. The van der Waals surface area contributed by atoms with E-state index in [1.807, 2.05) is 12.1 Å². The summed E-state index contributed by atoms with van der Waals surface area (Å²) >= 11 is 0. The number of sulfone groups is 1. The number of ether oxygens (including phenoxy) is 1. The van der Waals surface area contributed by atoms with Gasteiger partial charge >= 0.3 is 0 Å². The van der Waals surface area contributed by atoms with Gasteiger partial charge in [0.05, 0.1) is 16.3 Å². The number of benzene rings is 2. The normalized spacial score (nSPS) is 16.3. The highest BCUT2D eigenvalue weighted by Crippen LogP contribution is 2.33. The van der Waals surface area contributed by atoms with E-state index in [-0.39, 0.29) is 35.4 Å². The molecule has 2 amide bonds. The Balaban J connectivity index is 1.64. The SMILES string of the molecule is CCS(=O)(=O)c1ccc(NC(=O)CCN2C(=O)C(C)Oc3ccccc32)cc1. The summed E-state index contributed by atoms with van der Waals surface area (Å²) in [6, 6.07) is 13.3.